The van der Waals surface area contributed by atoms with E-state index in [1.54, 1.807) is 23.5 Å². The quantitative estimate of drug-likeness (QED) is 0.659. The maximum Gasteiger partial charge on any atom is 0.274 e. The molecule has 0 N–H and O–H groups in total. The maximum absolute atomic E-state index is 12.6. The van der Waals surface area contributed by atoms with Crippen LogP contribution in [-0.2, 0) is 11.3 Å². The Balaban J connectivity index is 1.46. The van der Waals surface area contributed by atoms with E-state index in [0.29, 0.717) is 50.1 Å². The van der Waals surface area contributed by atoms with Crippen LogP contribution < -0.4 is 4.90 Å². The summed E-state index contributed by atoms with van der Waals surface area (Å²) in [4.78, 5) is 28.9. The van der Waals surface area contributed by atoms with E-state index in [1.807, 2.05) is 30.1 Å². The molecule has 1 aliphatic rings. The van der Waals surface area contributed by atoms with Crippen molar-refractivity contribution in [2.24, 2.45) is 0 Å². The minimum atomic E-state index is -0.135. The Morgan fingerprint density at radius 1 is 1.21 bits per heavy atom. The molecule has 0 spiro atoms. The first-order valence-electron chi connectivity index (χ1n) is 8.97. The summed E-state index contributed by atoms with van der Waals surface area (Å²) in [6.45, 7) is 2.66. The summed E-state index contributed by atoms with van der Waals surface area (Å²) in [6, 6.07) is 5.64. The molecular weight excluding hydrogens is 360 g/mol. The second kappa shape index (κ2) is 8.13. The third-order valence-electron chi connectivity index (χ3n) is 4.44. The zero-order chi connectivity index (χ0) is 19.3. The number of carbonyl (C=O) groups is 1. The van der Waals surface area contributed by atoms with Gasteiger partial charge in [0.1, 0.15) is 17.2 Å². The first-order valence-corrected chi connectivity index (χ1v) is 8.97. The molecule has 0 bridgehead atoms. The van der Waals surface area contributed by atoms with Gasteiger partial charge in [-0.1, -0.05) is 5.16 Å². The molecule has 0 unspecified atom stereocenters. The SMILES string of the molecule is CN(Cc1cc(-c2cccnc2)no1)c1cncc(C(=O)N2CCOCC2)n1. The van der Waals surface area contributed by atoms with Crippen molar-refractivity contribution in [3.8, 4) is 11.3 Å². The van der Waals surface area contributed by atoms with Gasteiger partial charge in [0.05, 0.1) is 32.2 Å². The van der Waals surface area contributed by atoms with Crippen LogP contribution in [0.15, 0.2) is 47.5 Å². The summed E-state index contributed by atoms with van der Waals surface area (Å²) < 4.78 is 10.7. The van der Waals surface area contributed by atoms with E-state index in [9.17, 15) is 4.79 Å². The number of aromatic nitrogens is 4. The number of carbonyl (C=O) groups excluding carboxylic acids is 1. The van der Waals surface area contributed by atoms with Gasteiger partial charge in [-0.25, -0.2) is 4.98 Å². The van der Waals surface area contributed by atoms with Gasteiger partial charge in [0, 0.05) is 44.2 Å². The molecule has 28 heavy (non-hydrogen) atoms. The number of pyridine rings is 1. The molecule has 0 saturated carbocycles. The molecule has 1 amide bonds. The Hall–Kier alpha value is -3.33. The molecule has 0 atom stereocenters. The maximum atomic E-state index is 12.6. The highest BCUT2D eigenvalue weighted by molar-refractivity contribution is 5.92. The monoisotopic (exact) mass is 380 g/mol. The van der Waals surface area contributed by atoms with Crippen molar-refractivity contribution in [1.82, 2.24) is 25.0 Å². The van der Waals surface area contributed by atoms with Crippen molar-refractivity contribution < 1.29 is 14.1 Å². The molecule has 144 valence electrons. The van der Waals surface area contributed by atoms with Crippen molar-refractivity contribution in [2.75, 3.05) is 38.3 Å². The van der Waals surface area contributed by atoms with Gasteiger partial charge in [0.2, 0.25) is 0 Å². The minimum absolute atomic E-state index is 0.135. The van der Waals surface area contributed by atoms with E-state index < -0.39 is 0 Å². The van der Waals surface area contributed by atoms with E-state index in [4.69, 9.17) is 9.26 Å². The standard InChI is InChI=1S/C19H20N6O3/c1-24(13-15-9-16(23-28-15)14-3-2-4-20-10-14)18-12-21-11-17(22-18)19(26)25-5-7-27-8-6-25/h2-4,9-12H,5-8,13H2,1H3. The molecule has 0 radical (unpaired) electrons. The molecule has 4 rings (SSSR count). The predicted molar refractivity (Wildman–Crippen MR) is 101 cm³/mol. The lowest BCUT2D eigenvalue weighted by Crippen LogP contribution is -2.41. The summed E-state index contributed by atoms with van der Waals surface area (Å²) in [5.74, 6) is 1.12. The van der Waals surface area contributed by atoms with E-state index in [-0.39, 0.29) is 5.91 Å². The molecule has 3 aromatic rings. The average molecular weight is 380 g/mol. The Bertz CT molecular complexity index is 940. The van der Waals surface area contributed by atoms with Gasteiger partial charge in [-0.05, 0) is 12.1 Å². The molecule has 9 heteroatoms. The van der Waals surface area contributed by atoms with Crippen molar-refractivity contribution in [1.29, 1.82) is 0 Å². The van der Waals surface area contributed by atoms with Gasteiger partial charge in [-0.3, -0.25) is 14.8 Å². The third-order valence-corrected chi connectivity index (χ3v) is 4.44. The summed E-state index contributed by atoms with van der Waals surface area (Å²) in [6.07, 6.45) is 6.55. The number of hydrogen-bond donors (Lipinski definition) is 0. The van der Waals surface area contributed by atoms with Gasteiger partial charge in [-0.2, -0.15) is 0 Å². The van der Waals surface area contributed by atoms with E-state index in [1.165, 1.54) is 6.20 Å². The first kappa shape index (κ1) is 18.1. The molecule has 1 saturated heterocycles. The van der Waals surface area contributed by atoms with Crippen LogP contribution in [0, 0.1) is 0 Å². The summed E-state index contributed by atoms with van der Waals surface area (Å²) in [5, 5.41) is 4.09. The van der Waals surface area contributed by atoms with Gasteiger partial charge < -0.3 is 19.1 Å². The lowest BCUT2D eigenvalue weighted by Gasteiger charge is -2.26. The number of amides is 1. The molecule has 0 aromatic carbocycles. The average Bonchev–Trinajstić information content (AvgIpc) is 3.23. The number of hydrogen-bond acceptors (Lipinski definition) is 8. The molecule has 9 nitrogen and oxygen atoms in total. The molecule has 1 aliphatic heterocycles. The Kier molecular flexibility index (Phi) is 5.24. The van der Waals surface area contributed by atoms with Crippen molar-refractivity contribution >= 4 is 11.7 Å². The first-order chi connectivity index (χ1) is 13.7. The van der Waals surface area contributed by atoms with Crippen LogP contribution in [-0.4, -0.2) is 64.3 Å². The van der Waals surface area contributed by atoms with E-state index in [2.05, 4.69) is 20.1 Å². The number of ether oxygens (including phenoxy) is 1. The second-order valence-electron chi connectivity index (χ2n) is 6.44. The topological polar surface area (TPSA) is 97.5 Å². The Morgan fingerprint density at radius 2 is 2.07 bits per heavy atom. The van der Waals surface area contributed by atoms with Gasteiger partial charge >= 0.3 is 0 Å². The van der Waals surface area contributed by atoms with Crippen LogP contribution in [0.4, 0.5) is 5.82 Å². The summed E-state index contributed by atoms with van der Waals surface area (Å²) in [7, 11) is 1.86. The van der Waals surface area contributed by atoms with Gasteiger partial charge in [0.15, 0.2) is 5.76 Å². The van der Waals surface area contributed by atoms with Crippen LogP contribution in [0.1, 0.15) is 16.2 Å². The van der Waals surface area contributed by atoms with E-state index >= 15 is 0 Å². The summed E-state index contributed by atoms with van der Waals surface area (Å²) >= 11 is 0. The zero-order valence-corrected chi connectivity index (χ0v) is 15.5. The molecule has 1 fully saturated rings. The minimum Gasteiger partial charge on any atom is -0.378 e. The third kappa shape index (κ3) is 3.99. The zero-order valence-electron chi connectivity index (χ0n) is 15.5. The fourth-order valence-electron chi connectivity index (χ4n) is 2.92. The number of nitrogens with zero attached hydrogens (tertiary/aromatic N) is 6. The lowest BCUT2D eigenvalue weighted by atomic mass is 10.2. The molecular formula is C19H20N6O3. The van der Waals surface area contributed by atoms with Crippen LogP contribution in [0.2, 0.25) is 0 Å². The van der Waals surface area contributed by atoms with Crippen LogP contribution in [0.3, 0.4) is 0 Å². The van der Waals surface area contributed by atoms with Gasteiger partial charge in [0.25, 0.3) is 5.91 Å². The van der Waals surface area contributed by atoms with Crippen LogP contribution >= 0.6 is 0 Å². The Labute approximate surface area is 162 Å². The number of anilines is 1. The highest BCUT2D eigenvalue weighted by atomic mass is 16.5. The fourth-order valence-corrected chi connectivity index (χ4v) is 2.92. The highest BCUT2D eigenvalue weighted by Crippen LogP contribution is 2.20. The number of rotatable bonds is 5. The highest BCUT2D eigenvalue weighted by Gasteiger charge is 2.21. The summed E-state index contributed by atoms with van der Waals surface area (Å²) in [5.41, 5.74) is 1.93. The number of morpholine rings is 1. The second-order valence-corrected chi connectivity index (χ2v) is 6.44. The van der Waals surface area contributed by atoms with Gasteiger partial charge in [-0.15, -0.1) is 0 Å². The van der Waals surface area contributed by atoms with Crippen LogP contribution in [0.5, 0.6) is 0 Å². The smallest absolute Gasteiger partial charge is 0.274 e. The largest absolute Gasteiger partial charge is 0.378 e. The van der Waals surface area contributed by atoms with Crippen molar-refractivity contribution in [2.45, 2.75) is 6.54 Å². The molecule has 4 heterocycles. The van der Waals surface area contributed by atoms with Crippen molar-refractivity contribution in [3.63, 3.8) is 0 Å². The fraction of sp³-hybridized carbons (Fsp3) is 0.316. The normalized spacial score (nSPS) is 14.1. The Morgan fingerprint density at radius 3 is 2.86 bits per heavy atom. The predicted octanol–water partition coefficient (Wildman–Crippen LogP) is 1.64. The lowest BCUT2D eigenvalue weighted by molar-refractivity contribution is 0.0299. The van der Waals surface area contributed by atoms with Crippen LogP contribution in [0.25, 0.3) is 11.3 Å². The molecule has 3 aromatic heterocycles. The van der Waals surface area contributed by atoms with E-state index in [0.717, 1.165) is 11.3 Å². The van der Waals surface area contributed by atoms with Crippen molar-refractivity contribution in [3.05, 3.63) is 54.4 Å². The molecule has 0 aliphatic carbocycles.